The average Bonchev–Trinajstić information content (AvgIpc) is 2.25. The second-order valence-corrected chi connectivity index (χ2v) is 6.81. The number of phosphoric acid groups is 2. The Balaban J connectivity index is 4.17. The molecule has 0 aromatic rings. The number of allylic oxidation sites excluding steroid dienone is 3. The molecule has 19 heavy (non-hydrogen) atoms. The second kappa shape index (κ2) is 8.12. The summed E-state index contributed by atoms with van der Waals surface area (Å²) in [6.45, 7) is 3.61. The molecule has 0 rings (SSSR count). The minimum Gasteiger partial charge on any atom is -0.302 e. The summed E-state index contributed by atoms with van der Waals surface area (Å²) in [5.74, 6) is 0. The van der Waals surface area contributed by atoms with Crippen LogP contribution in [0.5, 0.6) is 0 Å². The fourth-order valence-electron chi connectivity index (χ4n) is 1.08. The molecule has 9 heteroatoms. The first-order valence-electron chi connectivity index (χ1n) is 6.11. The predicted molar refractivity (Wildman–Crippen MR) is 71.3 cm³/mol. The third kappa shape index (κ3) is 12.5. The molecular formula is C10H20O7P2. The van der Waals surface area contributed by atoms with Crippen molar-refractivity contribution in [3.63, 3.8) is 0 Å². The van der Waals surface area contributed by atoms with Crippen LogP contribution in [0.4, 0.5) is 0 Å². The summed E-state index contributed by atoms with van der Waals surface area (Å²) in [4.78, 5) is 25.8. The van der Waals surface area contributed by atoms with E-state index in [4.69, 9.17) is 16.1 Å². The Kier molecular flexibility index (Phi) is 7.18. The molecule has 0 aliphatic rings. The molecule has 1 atom stereocenters. The van der Waals surface area contributed by atoms with Crippen LogP contribution in [-0.2, 0) is 18.0 Å². The number of phosphoric ester groups is 1. The highest BCUT2D eigenvalue weighted by molar-refractivity contribution is 7.60. The summed E-state index contributed by atoms with van der Waals surface area (Å²) in [6, 6.07) is 0. The highest BCUT2D eigenvalue weighted by Crippen LogP contribution is 2.57. The fourth-order valence-corrected chi connectivity index (χ4v) is 2.61. The standard InChI is InChI=1S/C10H20O7P2/c1-9(2)5-4-6-10(3)7-8-16-19(14,15)17-18(11,12)13/h5,7H,4,6,8H2,1-3H3,(H,14,15)(H2,11,12,13)/b10-7+/i1T/b9-5-,10-7+. The Morgan fingerprint density at radius 3 is 2.42 bits per heavy atom. The van der Waals surface area contributed by atoms with Crippen LogP contribution in [0.25, 0.3) is 0 Å². The first kappa shape index (κ1) is 16.8. The van der Waals surface area contributed by atoms with E-state index in [1.807, 2.05) is 13.0 Å². The van der Waals surface area contributed by atoms with Crippen LogP contribution in [0.15, 0.2) is 23.3 Å². The summed E-state index contributed by atoms with van der Waals surface area (Å²) in [5, 5.41) is 0. The van der Waals surface area contributed by atoms with Crippen LogP contribution >= 0.6 is 15.6 Å². The van der Waals surface area contributed by atoms with Gasteiger partial charge in [0, 0.05) is 1.37 Å². The van der Waals surface area contributed by atoms with Crippen LogP contribution in [0.2, 0.25) is 0 Å². The molecule has 0 aliphatic heterocycles. The van der Waals surface area contributed by atoms with Gasteiger partial charge in [-0.25, -0.2) is 9.13 Å². The van der Waals surface area contributed by atoms with Crippen molar-refractivity contribution in [2.45, 2.75) is 33.6 Å². The molecule has 0 radical (unpaired) electrons. The van der Waals surface area contributed by atoms with E-state index < -0.39 is 15.6 Å². The monoisotopic (exact) mass is 316 g/mol. The molecule has 3 N–H and O–H groups in total. The van der Waals surface area contributed by atoms with E-state index in [2.05, 4.69) is 8.83 Å². The van der Waals surface area contributed by atoms with Crippen molar-refractivity contribution in [2.75, 3.05) is 6.61 Å². The van der Waals surface area contributed by atoms with Crippen molar-refractivity contribution >= 4 is 15.6 Å². The number of rotatable bonds is 8. The molecule has 0 bridgehead atoms. The molecule has 7 nitrogen and oxygen atoms in total. The highest BCUT2D eigenvalue weighted by Gasteiger charge is 2.31. The zero-order valence-electron chi connectivity index (χ0n) is 11.9. The van der Waals surface area contributed by atoms with Gasteiger partial charge in [0.25, 0.3) is 0 Å². The van der Waals surface area contributed by atoms with E-state index >= 15 is 0 Å². The van der Waals surface area contributed by atoms with Crippen LogP contribution in [0.3, 0.4) is 0 Å². The Labute approximate surface area is 114 Å². The number of hydrogen-bond donors (Lipinski definition) is 3. The van der Waals surface area contributed by atoms with Crippen LogP contribution in [0.1, 0.15) is 35.0 Å². The van der Waals surface area contributed by atoms with Crippen LogP contribution in [-0.4, -0.2) is 21.3 Å². The molecule has 0 fully saturated rings. The van der Waals surface area contributed by atoms with Gasteiger partial charge in [0.2, 0.25) is 0 Å². The third-order valence-electron chi connectivity index (χ3n) is 1.91. The van der Waals surface area contributed by atoms with E-state index in [0.717, 1.165) is 17.6 Å². The van der Waals surface area contributed by atoms with E-state index in [0.29, 0.717) is 6.42 Å². The fraction of sp³-hybridized carbons (Fsp3) is 0.600. The van der Waals surface area contributed by atoms with E-state index in [9.17, 15) is 9.13 Å². The normalized spacial score (nSPS) is 18.1. The Bertz CT molecular complexity index is 455. The van der Waals surface area contributed by atoms with Crippen molar-refractivity contribution in [1.82, 2.24) is 0 Å². The molecule has 0 spiro atoms. The van der Waals surface area contributed by atoms with Crippen molar-refractivity contribution in [3.05, 3.63) is 23.3 Å². The van der Waals surface area contributed by atoms with Gasteiger partial charge in [0.1, 0.15) is 0 Å². The van der Waals surface area contributed by atoms with Gasteiger partial charge < -0.3 is 14.7 Å². The Morgan fingerprint density at radius 2 is 1.89 bits per heavy atom. The molecule has 0 aromatic heterocycles. The minimum atomic E-state index is -5.07. The van der Waals surface area contributed by atoms with Crippen LogP contribution in [0, 0.1) is 0 Å². The zero-order valence-corrected chi connectivity index (χ0v) is 12.6. The molecule has 0 saturated heterocycles. The van der Waals surface area contributed by atoms with E-state index in [1.165, 1.54) is 6.08 Å². The lowest BCUT2D eigenvalue weighted by Crippen LogP contribution is -1.94. The van der Waals surface area contributed by atoms with Gasteiger partial charge in [-0.1, -0.05) is 23.3 Å². The molecule has 0 saturated carbocycles. The Morgan fingerprint density at radius 1 is 1.26 bits per heavy atom. The van der Waals surface area contributed by atoms with Crippen molar-refractivity contribution < 1.29 is 34.0 Å². The van der Waals surface area contributed by atoms with Crippen molar-refractivity contribution in [2.24, 2.45) is 0 Å². The average molecular weight is 316 g/mol. The molecule has 1 unspecified atom stereocenters. The maximum absolute atomic E-state index is 11.1. The third-order valence-corrected chi connectivity index (χ3v) is 4.06. The maximum atomic E-state index is 11.1. The quantitative estimate of drug-likeness (QED) is 0.466. The van der Waals surface area contributed by atoms with Crippen molar-refractivity contribution in [1.29, 1.82) is 0 Å². The summed E-state index contributed by atoms with van der Waals surface area (Å²) in [6.07, 6.45) is 4.88. The van der Waals surface area contributed by atoms with Gasteiger partial charge in [-0.2, -0.15) is 4.31 Å². The summed E-state index contributed by atoms with van der Waals surface area (Å²) >= 11 is 0. The first-order valence-corrected chi connectivity index (χ1v) is 8.43. The lowest BCUT2D eigenvalue weighted by atomic mass is 10.1. The van der Waals surface area contributed by atoms with Gasteiger partial charge in [-0.15, -0.1) is 0 Å². The molecular weight excluding hydrogens is 294 g/mol. The molecule has 0 aliphatic carbocycles. The number of hydrogen-bond acceptors (Lipinski definition) is 4. The lowest BCUT2D eigenvalue weighted by molar-refractivity contribution is 0.191. The van der Waals surface area contributed by atoms with Crippen LogP contribution < -0.4 is 0 Å². The summed E-state index contributed by atoms with van der Waals surface area (Å²) < 4.78 is 36.6. The predicted octanol–water partition coefficient (Wildman–Crippen LogP) is 2.91. The lowest BCUT2D eigenvalue weighted by Gasteiger charge is -2.11. The molecule has 0 heterocycles. The molecule has 112 valence electrons. The summed E-state index contributed by atoms with van der Waals surface area (Å²) in [5.41, 5.74) is 1.85. The highest BCUT2D eigenvalue weighted by atomic mass is 31.3. The van der Waals surface area contributed by atoms with Gasteiger partial charge in [0.15, 0.2) is 0 Å². The van der Waals surface area contributed by atoms with E-state index in [-0.39, 0.29) is 13.5 Å². The smallest absolute Gasteiger partial charge is 0.302 e. The van der Waals surface area contributed by atoms with Gasteiger partial charge in [-0.3, -0.25) is 4.52 Å². The molecule has 0 amide bonds. The topological polar surface area (TPSA) is 113 Å². The maximum Gasteiger partial charge on any atom is 0.481 e. The zero-order chi connectivity index (χ0) is 15.8. The summed E-state index contributed by atoms with van der Waals surface area (Å²) in [7, 11) is -9.83. The first-order chi connectivity index (χ1) is 9.06. The van der Waals surface area contributed by atoms with Gasteiger partial charge in [0.05, 0.1) is 6.61 Å². The van der Waals surface area contributed by atoms with E-state index in [1.54, 1.807) is 6.92 Å². The Hall–Kier alpha value is -0.260. The van der Waals surface area contributed by atoms with Gasteiger partial charge >= 0.3 is 15.6 Å². The second-order valence-electron chi connectivity index (χ2n) is 3.98. The SMILES string of the molecule is [3H]C/C(C)=C/CC/C(C)=C/COP(=O)(O)OP(=O)(O)O. The van der Waals surface area contributed by atoms with Gasteiger partial charge in [-0.05, 0) is 33.6 Å². The minimum absolute atomic E-state index is 0.249. The largest absolute Gasteiger partial charge is 0.481 e. The molecule has 0 aromatic carbocycles. The van der Waals surface area contributed by atoms with Crippen molar-refractivity contribution in [3.8, 4) is 0 Å².